The van der Waals surface area contributed by atoms with Gasteiger partial charge in [0.25, 0.3) is 5.91 Å². The Hall–Kier alpha value is -3.28. The SMILES string of the molecule is O=C(c1ccc(Nc2ccnc3cc(Cl)ccc23)cc1)N1CCN(c2ccc(Cl)cc2)CC1. The molecule has 2 heterocycles. The topological polar surface area (TPSA) is 48.5 Å². The first-order chi connectivity index (χ1) is 16.1. The smallest absolute Gasteiger partial charge is 0.253 e. The van der Waals surface area contributed by atoms with E-state index >= 15 is 0 Å². The van der Waals surface area contributed by atoms with Crippen LogP contribution in [0.2, 0.25) is 10.0 Å². The molecule has 33 heavy (non-hydrogen) atoms. The van der Waals surface area contributed by atoms with Crippen molar-refractivity contribution in [3.05, 3.63) is 94.6 Å². The summed E-state index contributed by atoms with van der Waals surface area (Å²) in [7, 11) is 0. The van der Waals surface area contributed by atoms with Gasteiger partial charge in [0.2, 0.25) is 0 Å². The lowest BCUT2D eigenvalue weighted by atomic mass is 10.1. The van der Waals surface area contributed by atoms with E-state index in [0.29, 0.717) is 23.7 Å². The standard InChI is InChI=1S/C26H22Cl2N4O/c27-19-3-8-22(9-4-19)31-13-15-32(16-14-31)26(33)18-1-6-21(7-2-18)30-24-11-12-29-25-17-20(28)5-10-23(24)25/h1-12,17H,13-16H2,(H,29,30). The Morgan fingerprint density at radius 1 is 0.818 bits per heavy atom. The number of amides is 1. The van der Waals surface area contributed by atoms with Crippen LogP contribution in [0, 0.1) is 0 Å². The molecule has 166 valence electrons. The predicted octanol–water partition coefficient (Wildman–Crippen LogP) is 6.25. The molecule has 1 N–H and O–H groups in total. The quantitative estimate of drug-likeness (QED) is 0.378. The van der Waals surface area contributed by atoms with Gasteiger partial charge in [-0.05, 0) is 72.8 Å². The summed E-state index contributed by atoms with van der Waals surface area (Å²) in [6.45, 7) is 2.97. The van der Waals surface area contributed by atoms with E-state index in [4.69, 9.17) is 23.2 Å². The molecule has 5 rings (SSSR count). The molecule has 1 fully saturated rings. The first kappa shape index (κ1) is 21.6. The van der Waals surface area contributed by atoms with Gasteiger partial charge >= 0.3 is 0 Å². The lowest BCUT2D eigenvalue weighted by Crippen LogP contribution is -2.48. The molecule has 0 unspecified atom stereocenters. The first-order valence-corrected chi connectivity index (χ1v) is 11.5. The summed E-state index contributed by atoms with van der Waals surface area (Å²) >= 11 is 12.1. The summed E-state index contributed by atoms with van der Waals surface area (Å²) < 4.78 is 0. The van der Waals surface area contributed by atoms with Crippen LogP contribution in [0.15, 0.2) is 79.0 Å². The van der Waals surface area contributed by atoms with Crippen molar-refractivity contribution in [1.29, 1.82) is 0 Å². The lowest BCUT2D eigenvalue weighted by Gasteiger charge is -2.36. The van der Waals surface area contributed by atoms with Crippen molar-refractivity contribution in [1.82, 2.24) is 9.88 Å². The van der Waals surface area contributed by atoms with Gasteiger partial charge in [0.15, 0.2) is 0 Å². The van der Waals surface area contributed by atoms with Crippen molar-refractivity contribution >= 4 is 57.1 Å². The molecule has 1 aromatic heterocycles. The maximum absolute atomic E-state index is 13.0. The van der Waals surface area contributed by atoms with E-state index in [1.807, 2.05) is 77.7 Å². The number of rotatable bonds is 4. The van der Waals surface area contributed by atoms with E-state index in [2.05, 4.69) is 15.2 Å². The number of fused-ring (bicyclic) bond motifs is 1. The third-order valence-corrected chi connectivity index (χ3v) is 6.36. The number of nitrogens with one attached hydrogen (secondary N) is 1. The summed E-state index contributed by atoms with van der Waals surface area (Å²) in [6.07, 6.45) is 1.75. The van der Waals surface area contributed by atoms with Gasteiger partial charge in [0, 0.05) is 70.4 Å². The Morgan fingerprint density at radius 3 is 2.24 bits per heavy atom. The fraction of sp³-hybridized carbons (Fsp3) is 0.154. The number of carbonyl (C=O) groups is 1. The number of aromatic nitrogens is 1. The molecule has 0 atom stereocenters. The minimum absolute atomic E-state index is 0.0568. The highest BCUT2D eigenvalue weighted by atomic mass is 35.5. The molecule has 7 heteroatoms. The monoisotopic (exact) mass is 476 g/mol. The molecule has 0 saturated carbocycles. The van der Waals surface area contributed by atoms with E-state index in [9.17, 15) is 4.79 Å². The van der Waals surface area contributed by atoms with Crippen LogP contribution < -0.4 is 10.2 Å². The van der Waals surface area contributed by atoms with E-state index in [1.54, 1.807) is 6.20 Å². The van der Waals surface area contributed by atoms with E-state index in [1.165, 1.54) is 0 Å². The number of carbonyl (C=O) groups excluding carboxylic acids is 1. The Labute approximate surface area is 202 Å². The summed E-state index contributed by atoms with van der Waals surface area (Å²) in [4.78, 5) is 21.6. The molecule has 0 bridgehead atoms. The van der Waals surface area contributed by atoms with E-state index in [-0.39, 0.29) is 5.91 Å². The molecule has 0 aliphatic carbocycles. The minimum atomic E-state index is 0.0568. The van der Waals surface area contributed by atoms with Crippen molar-refractivity contribution in [2.45, 2.75) is 0 Å². The van der Waals surface area contributed by atoms with Crippen LogP contribution >= 0.6 is 23.2 Å². The summed E-state index contributed by atoms with van der Waals surface area (Å²) in [5, 5.41) is 5.79. The zero-order valence-corrected chi connectivity index (χ0v) is 19.4. The van der Waals surface area contributed by atoms with Crippen LogP contribution in [0.1, 0.15) is 10.4 Å². The van der Waals surface area contributed by atoms with Gasteiger partial charge in [0.05, 0.1) is 5.52 Å². The van der Waals surface area contributed by atoms with E-state index in [0.717, 1.165) is 46.1 Å². The van der Waals surface area contributed by atoms with E-state index < -0.39 is 0 Å². The Kier molecular flexibility index (Phi) is 6.07. The largest absolute Gasteiger partial charge is 0.368 e. The van der Waals surface area contributed by atoms with Gasteiger partial charge in [-0.2, -0.15) is 0 Å². The average molecular weight is 477 g/mol. The molecule has 5 nitrogen and oxygen atoms in total. The second-order valence-corrected chi connectivity index (χ2v) is 8.85. The summed E-state index contributed by atoms with van der Waals surface area (Å²) in [5.41, 5.74) is 4.49. The predicted molar refractivity (Wildman–Crippen MR) is 136 cm³/mol. The summed E-state index contributed by atoms with van der Waals surface area (Å²) in [6, 6.07) is 23.0. The number of nitrogens with zero attached hydrogens (tertiary/aromatic N) is 3. The molecule has 0 spiro atoms. The molecule has 1 amide bonds. The highest BCUT2D eigenvalue weighted by molar-refractivity contribution is 6.31. The second-order valence-electron chi connectivity index (χ2n) is 7.98. The molecule has 3 aromatic carbocycles. The molecule has 1 saturated heterocycles. The molecule has 1 aliphatic heterocycles. The molecule has 1 aliphatic rings. The number of piperazine rings is 1. The molecule has 4 aromatic rings. The van der Waals surface area contributed by atoms with Gasteiger partial charge in [0.1, 0.15) is 0 Å². The molecule has 0 radical (unpaired) electrons. The lowest BCUT2D eigenvalue weighted by molar-refractivity contribution is 0.0747. The van der Waals surface area contributed by atoms with Crippen LogP contribution in [0.4, 0.5) is 17.1 Å². The van der Waals surface area contributed by atoms with Crippen molar-refractivity contribution in [3.63, 3.8) is 0 Å². The Bertz CT molecular complexity index is 1280. The van der Waals surface area contributed by atoms with Gasteiger partial charge < -0.3 is 15.1 Å². The van der Waals surface area contributed by atoms with Gasteiger partial charge in [-0.1, -0.05) is 23.2 Å². The normalized spacial score (nSPS) is 13.9. The number of halogens is 2. The number of pyridine rings is 1. The summed E-state index contributed by atoms with van der Waals surface area (Å²) in [5.74, 6) is 0.0568. The number of hydrogen-bond acceptors (Lipinski definition) is 4. The number of anilines is 3. The minimum Gasteiger partial charge on any atom is -0.368 e. The third kappa shape index (κ3) is 4.75. The van der Waals surface area contributed by atoms with Crippen molar-refractivity contribution in [2.24, 2.45) is 0 Å². The van der Waals surface area contributed by atoms with Crippen molar-refractivity contribution in [3.8, 4) is 0 Å². The van der Waals surface area contributed by atoms with Crippen LogP contribution in [0.25, 0.3) is 10.9 Å². The molecular weight excluding hydrogens is 455 g/mol. The Balaban J connectivity index is 1.24. The number of benzene rings is 3. The Morgan fingerprint density at radius 2 is 1.52 bits per heavy atom. The van der Waals surface area contributed by atoms with Crippen LogP contribution in [-0.4, -0.2) is 42.0 Å². The van der Waals surface area contributed by atoms with Crippen molar-refractivity contribution < 1.29 is 4.79 Å². The highest BCUT2D eigenvalue weighted by Crippen LogP contribution is 2.27. The van der Waals surface area contributed by atoms with Gasteiger partial charge in [-0.25, -0.2) is 0 Å². The van der Waals surface area contributed by atoms with Crippen LogP contribution in [0.3, 0.4) is 0 Å². The number of hydrogen-bond donors (Lipinski definition) is 1. The van der Waals surface area contributed by atoms with Gasteiger partial charge in [-0.15, -0.1) is 0 Å². The maximum atomic E-state index is 13.0. The first-order valence-electron chi connectivity index (χ1n) is 10.8. The fourth-order valence-corrected chi connectivity index (χ4v) is 4.38. The average Bonchev–Trinajstić information content (AvgIpc) is 2.85. The third-order valence-electron chi connectivity index (χ3n) is 5.87. The molecular formula is C26H22Cl2N4O. The van der Waals surface area contributed by atoms with Crippen molar-refractivity contribution in [2.75, 3.05) is 36.4 Å². The fourth-order valence-electron chi connectivity index (χ4n) is 4.08. The second kappa shape index (κ2) is 9.30. The zero-order valence-electron chi connectivity index (χ0n) is 17.8. The highest BCUT2D eigenvalue weighted by Gasteiger charge is 2.22. The zero-order chi connectivity index (χ0) is 22.8. The van der Waals surface area contributed by atoms with Crippen LogP contribution in [-0.2, 0) is 0 Å². The van der Waals surface area contributed by atoms with Crippen LogP contribution in [0.5, 0.6) is 0 Å². The van der Waals surface area contributed by atoms with Gasteiger partial charge in [-0.3, -0.25) is 9.78 Å². The maximum Gasteiger partial charge on any atom is 0.253 e.